The lowest BCUT2D eigenvalue weighted by Gasteiger charge is -2.20. The first kappa shape index (κ1) is 11.6. The van der Waals surface area contributed by atoms with Crippen molar-refractivity contribution in [2.75, 3.05) is 20.1 Å². The molecular formula is C11H17BrN2S. The predicted octanol–water partition coefficient (Wildman–Crippen LogP) is 2.69. The van der Waals surface area contributed by atoms with Crippen molar-refractivity contribution in [3.8, 4) is 0 Å². The molecule has 1 N–H and O–H groups in total. The first-order valence-corrected chi connectivity index (χ1v) is 7.06. The summed E-state index contributed by atoms with van der Waals surface area (Å²) in [6.45, 7) is 3.42. The minimum atomic E-state index is 0.707. The summed E-state index contributed by atoms with van der Waals surface area (Å²) in [5.74, 6) is 0. The van der Waals surface area contributed by atoms with E-state index < -0.39 is 0 Å². The van der Waals surface area contributed by atoms with Gasteiger partial charge in [0.15, 0.2) is 0 Å². The first-order valence-electron chi connectivity index (χ1n) is 5.39. The maximum atomic E-state index is 3.53. The first-order chi connectivity index (χ1) is 7.24. The van der Waals surface area contributed by atoms with Crippen LogP contribution in [0.5, 0.6) is 0 Å². The second-order valence-electron chi connectivity index (χ2n) is 4.22. The van der Waals surface area contributed by atoms with Crippen LogP contribution in [0.2, 0.25) is 0 Å². The summed E-state index contributed by atoms with van der Waals surface area (Å²) in [7, 11) is 2.20. The Morgan fingerprint density at radius 3 is 3.13 bits per heavy atom. The molecule has 2 heterocycles. The van der Waals surface area contributed by atoms with E-state index >= 15 is 0 Å². The van der Waals surface area contributed by atoms with Gasteiger partial charge < -0.3 is 5.32 Å². The number of nitrogens with one attached hydrogen (secondary N) is 1. The highest BCUT2D eigenvalue weighted by molar-refractivity contribution is 9.10. The van der Waals surface area contributed by atoms with Crippen molar-refractivity contribution in [2.24, 2.45) is 0 Å². The largest absolute Gasteiger partial charge is 0.313 e. The molecule has 1 saturated heterocycles. The minimum absolute atomic E-state index is 0.707. The normalized spacial score (nSPS) is 21.4. The SMILES string of the molecule is CN(Cc1cc(Br)cs1)C[C@H]1CCCN1. The van der Waals surface area contributed by atoms with Crippen LogP contribution in [0.25, 0.3) is 0 Å². The lowest BCUT2D eigenvalue weighted by atomic mass is 10.2. The Hall–Kier alpha value is 0.1000. The molecule has 1 aromatic heterocycles. The average molecular weight is 289 g/mol. The van der Waals surface area contributed by atoms with Crippen LogP contribution in [0, 0.1) is 0 Å². The van der Waals surface area contributed by atoms with Gasteiger partial charge in [-0.25, -0.2) is 0 Å². The molecule has 2 rings (SSSR count). The molecule has 1 atom stereocenters. The summed E-state index contributed by atoms with van der Waals surface area (Å²) in [5, 5.41) is 5.68. The Balaban J connectivity index is 1.78. The van der Waals surface area contributed by atoms with Gasteiger partial charge >= 0.3 is 0 Å². The summed E-state index contributed by atoms with van der Waals surface area (Å²) in [6, 6.07) is 2.92. The molecule has 4 heteroatoms. The van der Waals surface area contributed by atoms with Gasteiger partial charge in [-0.3, -0.25) is 4.90 Å². The summed E-state index contributed by atoms with van der Waals surface area (Å²) >= 11 is 5.32. The highest BCUT2D eigenvalue weighted by Gasteiger charge is 2.15. The molecule has 1 fully saturated rings. The monoisotopic (exact) mass is 288 g/mol. The lowest BCUT2D eigenvalue weighted by Crippen LogP contribution is -2.34. The molecule has 1 aliphatic heterocycles. The van der Waals surface area contributed by atoms with Gasteiger partial charge in [0.25, 0.3) is 0 Å². The molecule has 0 saturated carbocycles. The predicted molar refractivity (Wildman–Crippen MR) is 69.4 cm³/mol. The van der Waals surface area contributed by atoms with Crippen LogP contribution >= 0.6 is 27.3 Å². The molecule has 1 aliphatic rings. The Bertz CT molecular complexity index is 307. The number of hydrogen-bond donors (Lipinski definition) is 1. The molecular weight excluding hydrogens is 272 g/mol. The number of thiophene rings is 1. The third kappa shape index (κ3) is 3.55. The minimum Gasteiger partial charge on any atom is -0.313 e. The van der Waals surface area contributed by atoms with E-state index in [1.165, 1.54) is 28.7 Å². The highest BCUT2D eigenvalue weighted by atomic mass is 79.9. The summed E-state index contributed by atoms with van der Waals surface area (Å²) in [6.07, 6.45) is 2.67. The highest BCUT2D eigenvalue weighted by Crippen LogP contribution is 2.21. The van der Waals surface area contributed by atoms with Gasteiger partial charge in [0.2, 0.25) is 0 Å². The maximum Gasteiger partial charge on any atom is 0.0325 e. The zero-order valence-electron chi connectivity index (χ0n) is 9.00. The van der Waals surface area contributed by atoms with Gasteiger partial charge in [-0.05, 0) is 48.4 Å². The van der Waals surface area contributed by atoms with Crippen molar-refractivity contribution in [3.63, 3.8) is 0 Å². The molecule has 2 nitrogen and oxygen atoms in total. The number of likely N-dealkylation sites (N-methyl/N-ethyl adjacent to an activating group) is 1. The summed E-state index contributed by atoms with van der Waals surface area (Å²) in [5.41, 5.74) is 0. The van der Waals surface area contributed by atoms with Crippen LogP contribution in [0.1, 0.15) is 17.7 Å². The second-order valence-corrected chi connectivity index (χ2v) is 6.13. The number of halogens is 1. The van der Waals surface area contributed by atoms with E-state index in [2.05, 4.69) is 44.6 Å². The molecule has 0 aliphatic carbocycles. The Labute approximate surface area is 104 Å². The van der Waals surface area contributed by atoms with Gasteiger partial charge in [0.05, 0.1) is 0 Å². The van der Waals surface area contributed by atoms with Gasteiger partial charge in [-0.15, -0.1) is 11.3 Å². The quantitative estimate of drug-likeness (QED) is 0.917. The fraction of sp³-hybridized carbons (Fsp3) is 0.636. The molecule has 1 aromatic rings. The second kappa shape index (κ2) is 5.43. The molecule has 15 heavy (non-hydrogen) atoms. The Kier molecular flexibility index (Phi) is 4.20. The summed E-state index contributed by atoms with van der Waals surface area (Å²) < 4.78 is 1.20. The van der Waals surface area contributed by atoms with E-state index in [9.17, 15) is 0 Å². The Morgan fingerprint density at radius 1 is 1.67 bits per heavy atom. The van der Waals surface area contributed by atoms with Gasteiger partial charge in [-0.1, -0.05) is 0 Å². The third-order valence-electron chi connectivity index (χ3n) is 2.74. The molecule has 84 valence electrons. The topological polar surface area (TPSA) is 15.3 Å². The van der Waals surface area contributed by atoms with Crippen LogP contribution in [0.4, 0.5) is 0 Å². The standard InChI is InChI=1S/C11H17BrN2S/c1-14(6-10-3-2-4-13-10)7-11-5-9(12)8-15-11/h5,8,10,13H,2-4,6-7H2,1H3/t10-/m1/s1. The van der Waals surface area contributed by atoms with Crippen LogP contribution in [0.3, 0.4) is 0 Å². The van der Waals surface area contributed by atoms with E-state index in [4.69, 9.17) is 0 Å². The fourth-order valence-corrected chi connectivity index (χ4v) is 3.59. The molecule has 0 unspecified atom stereocenters. The smallest absolute Gasteiger partial charge is 0.0325 e. The van der Waals surface area contributed by atoms with Crippen LogP contribution in [-0.2, 0) is 6.54 Å². The van der Waals surface area contributed by atoms with Crippen molar-refractivity contribution in [2.45, 2.75) is 25.4 Å². The molecule has 0 radical (unpaired) electrons. The van der Waals surface area contributed by atoms with Crippen LogP contribution in [-0.4, -0.2) is 31.1 Å². The van der Waals surface area contributed by atoms with Gasteiger partial charge in [-0.2, -0.15) is 0 Å². The van der Waals surface area contributed by atoms with Crippen molar-refractivity contribution in [1.82, 2.24) is 10.2 Å². The lowest BCUT2D eigenvalue weighted by molar-refractivity contribution is 0.295. The fourth-order valence-electron chi connectivity index (χ4n) is 2.06. The van der Waals surface area contributed by atoms with Crippen molar-refractivity contribution in [3.05, 3.63) is 20.8 Å². The van der Waals surface area contributed by atoms with Crippen LogP contribution in [0.15, 0.2) is 15.9 Å². The van der Waals surface area contributed by atoms with Crippen molar-refractivity contribution >= 4 is 27.3 Å². The van der Waals surface area contributed by atoms with E-state index in [-0.39, 0.29) is 0 Å². The van der Waals surface area contributed by atoms with E-state index in [0.717, 1.165) is 13.1 Å². The average Bonchev–Trinajstić information content (AvgIpc) is 2.77. The summed E-state index contributed by atoms with van der Waals surface area (Å²) in [4.78, 5) is 3.84. The van der Waals surface area contributed by atoms with Gasteiger partial charge in [0, 0.05) is 33.9 Å². The third-order valence-corrected chi connectivity index (χ3v) is 4.42. The number of hydrogen-bond acceptors (Lipinski definition) is 3. The Morgan fingerprint density at radius 2 is 2.53 bits per heavy atom. The molecule has 0 spiro atoms. The van der Waals surface area contributed by atoms with E-state index in [1.807, 2.05) is 11.3 Å². The molecule has 0 bridgehead atoms. The van der Waals surface area contributed by atoms with Crippen molar-refractivity contribution in [1.29, 1.82) is 0 Å². The molecule has 0 amide bonds. The van der Waals surface area contributed by atoms with Crippen LogP contribution < -0.4 is 5.32 Å². The number of rotatable bonds is 4. The van der Waals surface area contributed by atoms with E-state index in [0.29, 0.717) is 6.04 Å². The zero-order chi connectivity index (χ0) is 10.7. The molecule has 0 aromatic carbocycles. The van der Waals surface area contributed by atoms with E-state index in [1.54, 1.807) is 0 Å². The van der Waals surface area contributed by atoms with Crippen molar-refractivity contribution < 1.29 is 0 Å². The zero-order valence-corrected chi connectivity index (χ0v) is 11.4. The number of nitrogens with zero attached hydrogens (tertiary/aromatic N) is 1. The maximum absolute atomic E-state index is 3.53. The van der Waals surface area contributed by atoms with Gasteiger partial charge in [0.1, 0.15) is 0 Å².